The summed E-state index contributed by atoms with van der Waals surface area (Å²) in [6, 6.07) is 6.75. The molecule has 3 rings (SSSR count). The maximum Gasteiger partial charge on any atom is 0.416 e. The number of benzene rings is 1. The van der Waals surface area contributed by atoms with Crippen LogP contribution in [0, 0.1) is 6.92 Å². The van der Waals surface area contributed by atoms with Gasteiger partial charge in [0.15, 0.2) is 0 Å². The van der Waals surface area contributed by atoms with Gasteiger partial charge in [-0.1, -0.05) is 6.07 Å². The summed E-state index contributed by atoms with van der Waals surface area (Å²) in [7, 11) is 0. The number of aromatic nitrogens is 3. The summed E-state index contributed by atoms with van der Waals surface area (Å²) >= 11 is 0. The van der Waals surface area contributed by atoms with Crippen LogP contribution in [0.1, 0.15) is 11.3 Å². The second-order valence-corrected chi connectivity index (χ2v) is 4.77. The van der Waals surface area contributed by atoms with Crippen molar-refractivity contribution in [3.05, 3.63) is 54.1 Å². The molecule has 0 aliphatic carbocycles. The van der Waals surface area contributed by atoms with E-state index in [0.29, 0.717) is 22.4 Å². The minimum atomic E-state index is -4.38. The van der Waals surface area contributed by atoms with Crippen molar-refractivity contribution in [2.45, 2.75) is 13.1 Å². The molecule has 8 heteroatoms. The molecule has 0 amide bonds. The topological polar surface area (TPSA) is 50.7 Å². The third-order valence-electron chi connectivity index (χ3n) is 3.11. The van der Waals surface area contributed by atoms with E-state index in [-0.39, 0.29) is 12.4 Å². The van der Waals surface area contributed by atoms with E-state index in [1.54, 1.807) is 18.3 Å². The van der Waals surface area contributed by atoms with E-state index in [9.17, 15) is 13.2 Å². The zero-order chi connectivity index (χ0) is 15.7. The molecule has 1 aromatic carbocycles. The monoisotopic (exact) mass is 340 g/mol. The molecule has 2 heterocycles. The molecule has 1 N–H and O–H groups in total. The van der Waals surface area contributed by atoms with E-state index in [0.717, 1.165) is 17.8 Å². The smallest absolute Gasteiger partial charge is 0.340 e. The number of nitrogens with zero attached hydrogens (tertiary/aromatic N) is 3. The quantitative estimate of drug-likeness (QED) is 0.745. The van der Waals surface area contributed by atoms with E-state index in [4.69, 9.17) is 0 Å². The van der Waals surface area contributed by atoms with Crippen molar-refractivity contribution in [3.8, 4) is 0 Å². The summed E-state index contributed by atoms with van der Waals surface area (Å²) in [6.45, 7) is 1.82. The fraction of sp³-hybridized carbons (Fsp3) is 0.133. The first kappa shape index (κ1) is 17.0. The van der Waals surface area contributed by atoms with Crippen LogP contribution in [0.4, 0.5) is 24.7 Å². The Morgan fingerprint density at radius 1 is 1.04 bits per heavy atom. The summed E-state index contributed by atoms with van der Waals surface area (Å²) in [5.41, 5.74) is 0.988. The van der Waals surface area contributed by atoms with Gasteiger partial charge in [0.05, 0.1) is 17.3 Å². The van der Waals surface area contributed by atoms with Gasteiger partial charge in [0.25, 0.3) is 0 Å². The Morgan fingerprint density at radius 3 is 2.57 bits per heavy atom. The summed E-state index contributed by atoms with van der Waals surface area (Å²) in [5, 5.41) is 3.61. The Balaban J connectivity index is 0.00000192. The number of hydrogen-bond donors (Lipinski definition) is 1. The molecule has 0 aliphatic rings. The lowest BCUT2D eigenvalue weighted by atomic mass is 10.2. The van der Waals surface area contributed by atoms with Gasteiger partial charge in [-0.15, -0.1) is 12.4 Å². The molecule has 0 saturated heterocycles. The summed E-state index contributed by atoms with van der Waals surface area (Å²) < 4.78 is 38.3. The van der Waals surface area contributed by atoms with Crippen LogP contribution in [-0.4, -0.2) is 15.0 Å². The number of fused-ring (bicyclic) bond motifs is 1. The molecule has 0 unspecified atom stereocenters. The third-order valence-corrected chi connectivity index (χ3v) is 3.11. The van der Waals surface area contributed by atoms with Crippen LogP contribution in [-0.2, 0) is 6.18 Å². The highest BCUT2D eigenvalue weighted by Gasteiger charge is 2.30. The highest BCUT2D eigenvalue weighted by molar-refractivity contribution is 5.90. The average molecular weight is 341 g/mol. The Labute approximate surface area is 136 Å². The molecule has 0 atom stereocenters. The van der Waals surface area contributed by atoms with Gasteiger partial charge in [0.2, 0.25) is 0 Å². The normalized spacial score (nSPS) is 11.1. The molecule has 23 heavy (non-hydrogen) atoms. The molecule has 0 aliphatic heterocycles. The van der Waals surface area contributed by atoms with Crippen LogP contribution in [0.25, 0.3) is 10.9 Å². The van der Waals surface area contributed by atoms with Gasteiger partial charge in [-0.25, -0.2) is 9.97 Å². The molecular weight excluding hydrogens is 329 g/mol. The van der Waals surface area contributed by atoms with Crippen LogP contribution >= 0.6 is 12.4 Å². The predicted molar refractivity (Wildman–Crippen MR) is 84.0 cm³/mol. The maximum atomic E-state index is 12.8. The van der Waals surface area contributed by atoms with E-state index >= 15 is 0 Å². The fourth-order valence-corrected chi connectivity index (χ4v) is 2.07. The summed E-state index contributed by atoms with van der Waals surface area (Å²) in [6.07, 6.45) is -1.44. The van der Waals surface area contributed by atoms with Gasteiger partial charge in [0, 0.05) is 16.8 Å². The molecule has 0 spiro atoms. The lowest BCUT2D eigenvalue weighted by Gasteiger charge is -2.11. The molecule has 2 aromatic heterocycles. The molecule has 0 bridgehead atoms. The highest BCUT2D eigenvalue weighted by atomic mass is 35.5. The Bertz CT molecular complexity index is 836. The largest absolute Gasteiger partial charge is 0.416 e. The average Bonchev–Trinajstić information content (AvgIpc) is 2.47. The SMILES string of the molecule is Cc1cc2c(Nc3cccc(C(F)(F)F)c3)ncnc2cn1.Cl. The van der Waals surface area contributed by atoms with Crippen molar-refractivity contribution in [3.63, 3.8) is 0 Å². The Kier molecular flexibility index (Phi) is 4.70. The third kappa shape index (κ3) is 3.68. The molecule has 3 aromatic rings. The van der Waals surface area contributed by atoms with Crippen LogP contribution < -0.4 is 5.32 Å². The van der Waals surface area contributed by atoms with Gasteiger partial charge in [-0.2, -0.15) is 13.2 Å². The van der Waals surface area contributed by atoms with E-state index < -0.39 is 11.7 Å². The van der Waals surface area contributed by atoms with Crippen molar-refractivity contribution in [2.24, 2.45) is 0 Å². The number of aryl methyl sites for hydroxylation is 1. The molecule has 120 valence electrons. The van der Waals surface area contributed by atoms with Crippen LogP contribution in [0.3, 0.4) is 0 Å². The minimum absolute atomic E-state index is 0. The lowest BCUT2D eigenvalue weighted by molar-refractivity contribution is -0.137. The van der Waals surface area contributed by atoms with Crippen molar-refractivity contribution in [1.29, 1.82) is 0 Å². The number of alkyl halides is 3. The zero-order valence-corrected chi connectivity index (χ0v) is 12.7. The Morgan fingerprint density at radius 2 is 1.83 bits per heavy atom. The maximum absolute atomic E-state index is 12.8. The van der Waals surface area contributed by atoms with Gasteiger partial charge in [-0.05, 0) is 31.2 Å². The standard InChI is InChI=1S/C15H11F3N4.ClH/c1-9-5-12-13(7-19-9)20-8-21-14(12)22-11-4-2-3-10(6-11)15(16,17)18;/h2-8H,1H3,(H,20,21,22);1H. The first-order valence-corrected chi connectivity index (χ1v) is 6.45. The van der Waals surface area contributed by atoms with Crippen LogP contribution in [0.2, 0.25) is 0 Å². The van der Waals surface area contributed by atoms with Gasteiger partial charge in [0.1, 0.15) is 12.1 Å². The second-order valence-electron chi connectivity index (χ2n) is 4.77. The zero-order valence-electron chi connectivity index (χ0n) is 11.9. The van der Waals surface area contributed by atoms with Crippen LogP contribution in [0.5, 0.6) is 0 Å². The van der Waals surface area contributed by atoms with E-state index in [1.165, 1.54) is 12.4 Å². The molecule has 4 nitrogen and oxygen atoms in total. The summed E-state index contributed by atoms with van der Waals surface area (Å²) in [4.78, 5) is 12.3. The first-order valence-electron chi connectivity index (χ1n) is 6.45. The predicted octanol–water partition coefficient (Wildman–Crippen LogP) is 4.52. The molecule has 0 fully saturated rings. The van der Waals surface area contributed by atoms with E-state index in [1.807, 2.05) is 6.92 Å². The molecule has 0 radical (unpaired) electrons. The highest BCUT2D eigenvalue weighted by Crippen LogP contribution is 2.32. The lowest BCUT2D eigenvalue weighted by Crippen LogP contribution is -2.05. The number of hydrogen-bond acceptors (Lipinski definition) is 4. The van der Waals surface area contributed by atoms with Crippen molar-refractivity contribution in [2.75, 3.05) is 5.32 Å². The first-order chi connectivity index (χ1) is 10.4. The number of pyridine rings is 1. The summed E-state index contributed by atoms with van der Waals surface area (Å²) in [5.74, 6) is 0.440. The number of anilines is 2. The van der Waals surface area contributed by atoms with E-state index in [2.05, 4.69) is 20.3 Å². The molecular formula is C15H12ClF3N4. The number of rotatable bonds is 2. The number of halogens is 4. The van der Waals surface area contributed by atoms with Crippen LogP contribution in [0.15, 0.2) is 42.9 Å². The number of nitrogens with one attached hydrogen (secondary N) is 1. The Hall–Kier alpha value is -2.41. The minimum Gasteiger partial charge on any atom is -0.340 e. The van der Waals surface area contributed by atoms with Gasteiger partial charge < -0.3 is 5.32 Å². The second kappa shape index (κ2) is 6.37. The fourth-order valence-electron chi connectivity index (χ4n) is 2.07. The molecule has 0 saturated carbocycles. The van der Waals surface area contributed by atoms with Gasteiger partial charge >= 0.3 is 6.18 Å². The van der Waals surface area contributed by atoms with Crippen molar-refractivity contribution >= 4 is 34.8 Å². The van der Waals surface area contributed by atoms with Crippen molar-refractivity contribution in [1.82, 2.24) is 15.0 Å². The van der Waals surface area contributed by atoms with Crippen molar-refractivity contribution < 1.29 is 13.2 Å². The van der Waals surface area contributed by atoms with Gasteiger partial charge in [-0.3, -0.25) is 4.98 Å².